The fourth-order valence-corrected chi connectivity index (χ4v) is 5.08. The van der Waals surface area contributed by atoms with E-state index in [1.165, 1.54) is 18.2 Å². The normalized spacial score (nSPS) is 12.5. The molecule has 3 aromatic rings. The average Bonchev–Trinajstić information content (AvgIpc) is 3.00. The maximum absolute atomic E-state index is 13.1. The van der Waals surface area contributed by atoms with E-state index in [9.17, 15) is 29.4 Å². The number of ether oxygens (including phenoxy) is 2. The Morgan fingerprint density at radius 2 is 1.74 bits per heavy atom. The summed E-state index contributed by atoms with van der Waals surface area (Å²) in [6.45, 7) is 3.01. The monoisotopic (exact) mass is 584 g/mol. The van der Waals surface area contributed by atoms with Gasteiger partial charge in [-0.15, -0.1) is 0 Å². The van der Waals surface area contributed by atoms with Crippen LogP contribution in [0, 0.1) is 0 Å². The lowest BCUT2D eigenvalue weighted by molar-refractivity contribution is -0.136. The van der Waals surface area contributed by atoms with Crippen LogP contribution in [0.2, 0.25) is 0 Å². The molecule has 0 unspecified atom stereocenters. The fraction of sp³-hybridized carbons (Fsp3) is 0.314. The van der Waals surface area contributed by atoms with Crippen LogP contribution in [0.5, 0.6) is 11.5 Å². The summed E-state index contributed by atoms with van der Waals surface area (Å²) in [6.07, 6.45) is 8.72. The highest BCUT2D eigenvalue weighted by atomic mass is 16.5. The van der Waals surface area contributed by atoms with Crippen molar-refractivity contribution in [1.82, 2.24) is 0 Å². The Kier molecular flexibility index (Phi) is 10.9. The van der Waals surface area contributed by atoms with Gasteiger partial charge in [0.15, 0.2) is 11.6 Å². The van der Waals surface area contributed by atoms with Crippen molar-refractivity contribution in [2.24, 2.45) is 0 Å². The largest absolute Gasteiger partial charge is 0.493 e. The molecule has 1 aliphatic rings. The molecule has 1 aliphatic heterocycles. The SMILES string of the molecule is CCCc1c(OCCCCC=Cc2ccc(C(=O)c3cccc(C(=O)O)c3)cc2CCC(=O)O)ccc2c1OCCC2=O. The Balaban J connectivity index is 1.36. The molecule has 8 heteroatoms. The summed E-state index contributed by atoms with van der Waals surface area (Å²) in [7, 11) is 0. The molecule has 0 amide bonds. The van der Waals surface area contributed by atoms with Gasteiger partial charge in [0.2, 0.25) is 0 Å². The zero-order valence-electron chi connectivity index (χ0n) is 24.3. The zero-order valence-corrected chi connectivity index (χ0v) is 24.3. The third-order valence-corrected chi connectivity index (χ3v) is 7.30. The van der Waals surface area contributed by atoms with Gasteiger partial charge in [-0.05, 0) is 73.6 Å². The second-order valence-electron chi connectivity index (χ2n) is 10.5. The highest BCUT2D eigenvalue weighted by molar-refractivity contribution is 6.10. The number of fused-ring (bicyclic) bond motifs is 1. The maximum Gasteiger partial charge on any atom is 0.335 e. The Morgan fingerprint density at radius 1 is 0.953 bits per heavy atom. The lowest BCUT2D eigenvalue weighted by atomic mass is 9.95. The minimum Gasteiger partial charge on any atom is -0.493 e. The summed E-state index contributed by atoms with van der Waals surface area (Å²) in [5.41, 5.74) is 3.82. The molecule has 0 bridgehead atoms. The minimum atomic E-state index is -1.11. The average molecular weight is 585 g/mol. The first kappa shape index (κ1) is 31.2. The molecule has 0 aliphatic carbocycles. The lowest BCUT2D eigenvalue weighted by Gasteiger charge is -2.22. The molecule has 1 heterocycles. The molecule has 2 N–H and O–H groups in total. The Hall–Kier alpha value is -4.72. The molecule has 8 nitrogen and oxygen atoms in total. The number of hydrogen-bond acceptors (Lipinski definition) is 6. The number of allylic oxidation sites excluding steroid dienone is 1. The first-order valence-electron chi connectivity index (χ1n) is 14.6. The number of aryl methyl sites for hydroxylation is 1. The van der Waals surface area contributed by atoms with Crippen molar-refractivity contribution in [2.75, 3.05) is 13.2 Å². The van der Waals surface area contributed by atoms with E-state index in [4.69, 9.17) is 9.47 Å². The van der Waals surface area contributed by atoms with Crippen LogP contribution in [-0.2, 0) is 17.6 Å². The van der Waals surface area contributed by atoms with E-state index in [0.29, 0.717) is 36.5 Å². The van der Waals surface area contributed by atoms with Crippen LogP contribution in [0.1, 0.15) is 98.8 Å². The molecule has 0 spiro atoms. The van der Waals surface area contributed by atoms with Crippen LogP contribution < -0.4 is 9.47 Å². The van der Waals surface area contributed by atoms with Crippen LogP contribution in [0.15, 0.2) is 60.7 Å². The molecule has 0 fully saturated rings. The first-order chi connectivity index (χ1) is 20.8. The van der Waals surface area contributed by atoms with Crippen molar-refractivity contribution in [1.29, 1.82) is 0 Å². The first-order valence-corrected chi connectivity index (χ1v) is 14.6. The smallest absolute Gasteiger partial charge is 0.335 e. The lowest BCUT2D eigenvalue weighted by Crippen LogP contribution is -2.17. The van der Waals surface area contributed by atoms with Gasteiger partial charge in [0.25, 0.3) is 0 Å². The predicted molar refractivity (Wildman–Crippen MR) is 162 cm³/mol. The van der Waals surface area contributed by atoms with E-state index in [-0.39, 0.29) is 35.5 Å². The second kappa shape index (κ2) is 15.0. The highest BCUT2D eigenvalue weighted by Gasteiger charge is 2.23. The molecule has 0 radical (unpaired) electrons. The summed E-state index contributed by atoms with van der Waals surface area (Å²) in [4.78, 5) is 47.9. The van der Waals surface area contributed by atoms with E-state index in [0.717, 1.165) is 54.5 Å². The van der Waals surface area contributed by atoms with Gasteiger partial charge in [-0.25, -0.2) is 4.79 Å². The highest BCUT2D eigenvalue weighted by Crippen LogP contribution is 2.36. The molecule has 43 heavy (non-hydrogen) atoms. The number of carbonyl (C=O) groups is 4. The number of benzene rings is 3. The topological polar surface area (TPSA) is 127 Å². The third-order valence-electron chi connectivity index (χ3n) is 7.30. The number of rotatable bonds is 15. The number of unbranched alkanes of at least 4 members (excludes halogenated alkanes) is 2. The van der Waals surface area contributed by atoms with Gasteiger partial charge in [0.05, 0.1) is 24.3 Å². The van der Waals surface area contributed by atoms with E-state index >= 15 is 0 Å². The second-order valence-corrected chi connectivity index (χ2v) is 10.5. The van der Waals surface area contributed by atoms with Gasteiger partial charge in [0, 0.05) is 29.5 Å². The third kappa shape index (κ3) is 8.19. The molecule has 0 atom stereocenters. The maximum atomic E-state index is 13.1. The number of aliphatic carboxylic acids is 1. The van der Waals surface area contributed by atoms with E-state index in [1.54, 1.807) is 30.3 Å². The van der Waals surface area contributed by atoms with Crippen molar-refractivity contribution in [3.63, 3.8) is 0 Å². The van der Waals surface area contributed by atoms with Gasteiger partial charge in [0.1, 0.15) is 11.5 Å². The Bertz CT molecular complexity index is 1530. The summed E-state index contributed by atoms with van der Waals surface area (Å²) in [5, 5.41) is 18.5. The molecular weight excluding hydrogens is 548 g/mol. The quantitative estimate of drug-likeness (QED) is 0.147. The summed E-state index contributed by atoms with van der Waals surface area (Å²) in [6, 6.07) is 14.7. The van der Waals surface area contributed by atoms with E-state index < -0.39 is 11.9 Å². The van der Waals surface area contributed by atoms with Gasteiger partial charge < -0.3 is 19.7 Å². The van der Waals surface area contributed by atoms with Gasteiger partial charge in [-0.3, -0.25) is 14.4 Å². The molecule has 4 rings (SSSR count). The summed E-state index contributed by atoms with van der Waals surface area (Å²) >= 11 is 0. The van der Waals surface area contributed by atoms with Crippen molar-refractivity contribution in [3.8, 4) is 11.5 Å². The number of carboxylic acids is 2. The van der Waals surface area contributed by atoms with Crippen LogP contribution >= 0.6 is 0 Å². The van der Waals surface area contributed by atoms with Crippen molar-refractivity contribution in [3.05, 3.63) is 99.6 Å². The predicted octanol–water partition coefficient (Wildman–Crippen LogP) is 6.81. The van der Waals surface area contributed by atoms with Crippen LogP contribution in [0.25, 0.3) is 6.08 Å². The number of carbonyl (C=O) groups excluding carboxylic acids is 2. The Morgan fingerprint density at radius 3 is 2.51 bits per heavy atom. The minimum absolute atomic E-state index is 0.0245. The zero-order chi connectivity index (χ0) is 30.8. The number of hydrogen-bond donors (Lipinski definition) is 2. The van der Waals surface area contributed by atoms with Crippen LogP contribution in [0.3, 0.4) is 0 Å². The van der Waals surface area contributed by atoms with Crippen LogP contribution in [-0.4, -0.2) is 46.9 Å². The number of carboxylic acid groups (broad SMARTS) is 2. The molecule has 3 aromatic carbocycles. The molecule has 0 aromatic heterocycles. The van der Waals surface area contributed by atoms with E-state index in [1.807, 2.05) is 18.2 Å². The number of aromatic carboxylic acids is 1. The van der Waals surface area contributed by atoms with E-state index in [2.05, 4.69) is 6.92 Å². The standard InChI is InChI=1S/C35H36O8/c1-2-8-29-31(16-15-28-30(36)18-20-43-34(28)29)42-19-6-4-3-5-9-23-12-13-26(21-24(23)14-17-32(37)38)33(39)25-10-7-11-27(22-25)35(40)41/h5,7,9-13,15-16,21-22H,2-4,6,8,14,17-20H2,1H3,(H,37,38)(H,40,41). The van der Waals surface area contributed by atoms with Crippen molar-refractivity contribution < 1.29 is 38.9 Å². The number of ketones is 2. The molecule has 224 valence electrons. The van der Waals surface area contributed by atoms with Gasteiger partial charge in [-0.2, -0.15) is 0 Å². The van der Waals surface area contributed by atoms with Crippen LogP contribution in [0.4, 0.5) is 0 Å². The summed E-state index contributed by atoms with van der Waals surface area (Å²) < 4.78 is 11.9. The Labute approximate surface area is 251 Å². The fourth-order valence-electron chi connectivity index (χ4n) is 5.08. The van der Waals surface area contributed by atoms with Crippen molar-refractivity contribution >= 4 is 29.6 Å². The van der Waals surface area contributed by atoms with Gasteiger partial charge >= 0.3 is 11.9 Å². The van der Waals surface area contributed by atoms with Gasteiger partial charge in [-0.1, -0.05) is 49.8 Å². The summed E-state index contributed by atoms with van der Waals surface area (Å²) in [5.74, 6) is -0.836. The molecular formula is C35H36O8. The van der Waals surface area contributed by atoms with Crippen molar-refractivity contribution in [2.45, 2.75) is 58.3 Å². The molecule has 0 saturated heterocycles. The molecule has 0 saturated carbocycles. The number of Topliss-reactive ketones (excluding diaryl/α,β-unsaturated/α-hetero) is 1.